The van der Waals surface area contributed by atoms with E-state index in [0.29, 0.717) is 5.76 Å². The largest absolute Gasteiger partial charge is 0.459 e. The third-order valence-corrected chi connectivity index (χ3v) is 4.12. The number of anilines is 1. The van der Waals surface area contributed by atoms with Gasteiger partial charge in [-0.2, -0.15) is 0 Å². The Balaban J connectivity index is 1.76. The number of urea groups is 1. The Morgan fingerprint density at radius 3 is 2.62 bits per heavy atom. The molecule has 3 amide bonds. The summed E-state index contributed by atoms with van der Waals surface area (Å²) in [5, 5.41) is 6.05. The number of carbonyl (C=O) groups excluding carboxylic acids is 2. The van der Waals surface area contributed by atoms with Crippen molar-refractivity contribution in [1.29, 1.82) is 0 Å². The monoisotopic (exact) mass is 355 g/mol. The highest BCUT2D eigenvalue weighted by molar-refractivity contribution is 5.96. The van der Waals surface area contributed by atoms with Crippen LogP contribution >= 0.6 is 0 Å². The van der Waals surface area contributed by atoms with Gasteiger partial charge in [-0.05, 0) is 38.1 Å². The highest BCUT2D eigenvalue weighted by atomic mass is 19.1. The van der Waals surface area contributed by atoms with E-state index in [-0.39, 0.29) is 11.3 Å². The van der Waals surface area contributed by atoms with E-state index in [9.17, 15) is 14.0 Å². The zero-order chi connectivity index (χ0) is 18.8. The molecule has 3 aromatic rings. The summed E-state index contributed by atoms with van der Waals surface area (Å²) in [5.74, 6) is -0.759. The zero-order valence-electron chi connectivity index (χ0n) is 14.3. The molecule has 7 heteroatoms. The first kappa shape index (κ1) is 17.5. The number of halogens is 1. The van der Waals surface area contributed by atoms with E-state index in [4.69, 9.17) is 10.2 Å². The lowest BCUT2D eigenvalue weighted by Gasteiger charge is -2.14. The molecular weight excluding hydrogens is 337 g/mol. The lowest BCUT2D eigenvalue weighted by atomic mass is 10.1. The Labute approximate surface area is 149 Å². The number of nitrogens with two attached hydrogens (primary N) is 1. The van der Waals surface area contributed by atoms with Crippen LogP contribution in [-0.2, 0) is 0 Å². The Kier molecular flexibility index (Phi) is 4.62. The summed E-state index contributed by atoms with van der Waals surface area (Å²) in [6, 6.07) is 10.0. The Hall–Kier alpha value is -3.35. The maximum atomic E-state index is 13.8. The molecule has 0 fully saturated rings. The first-order chi connectivity index (χ1) is 12.4. The van der Waals surface area contributed by atoms with Crippen LogP contribution in [0.1, 0.15) is 34.6 Å². The molecule has 134 valence electrons. The number of furan rings is 1. The molecule has 2 aromatic carbocycles. The molecule has 0 aliphatic heterocycles. The van der Waals surface area contributed by atoms with Crippen LogP contribution in [0.3, 0.4) is 0 Å². The number of rotatable bonds is 4. The number of fused-ring (bicyclic) bond motifs is 1. The number of aryl methyl sites for hydroxylation is 1. The van der Waals surface area contributed by atoms with Gasteiger partial charge in [0.05, 0.1) is 11.7 Å². The molecule has 0 saturated carbocycles. The van der Waals surface area contributed by atoms with Crippen LogP contribution in [0.25, 0.3) is 11.0 Å². The van der Waals surface area contributed by atoms with Gasteiger partial charge < -0.3 is 20.8 Å². The van der Waals surface area contributed by atoms with Crippen LogP contribution < -0.4 is 16.4 Å². The minimum Gasteiger partial charge on any atom is -0.459 e. The molecule has 0 saturated heterocycles. The number of carbonyl (C=O) groups is 2. The van der Waals surface area contributed by atoms with Gasteiger partial charge in [-0.15, -0.1) is 0 Å². The molecule has 0 aliphatic rings. The van der Waals surface area contributed by atoms with Crippen LogP contribution in [-0.4, -0.2) is 11.9 Å². The first-order valence-corrected chi connectivity index (χ1v) is 8.01. The summed E-state index contributed by atoms with van der Waals surface area (Å²) in [7, 11) is 0. The van der Waals surface area contributed by atoms with Crippen molar-refractivity contribution in [1.82, 2.24) is 5.32 Å². The van der Waals surface area contributed by atoms with Crippen LogP contribution in [0.2, 0.25) is 0 Å². The van der Waals surface area contributed by atoms with Gasteiger partial charge in [-0.25, -0.2) is 9.18 Å². The molecule has 0 aliphatic carbocycles. The average molecular weight is 355 g/mol. The van der Waals surface area contributed by atoms with E-state index in [1.807, 2.05) is 31.2 Å². The maximum absolute atomic E-state index is 13.8. The molecule has 0 bridgehead atoms. The summed E-state index contributed by atoms with van der Waals surface area (Å²) in [5.41, 5.74) is 6.80. The number of primary amides is 1. The van der Waals surface area contributed by atoms with Gasteiger partial charge in [-0.3, -0.25) is 4.79 Å². The molecular formula is C19H18FN3O3. The molecule has 4 N–H and O–H groups in total. The van der Waals surface area contributed by atoms with Gasteiger partial charge in [0, 0.05) is 16.5 Å². The summed E-state index contributed by atoms with van der Waals surface area (Å²) in [4.78, 5) is 23.4. The number of para-hydroxylation sites is 1. The van der Waals surface area contributed by atoms with Crippen molar-refractivity contribution in [2.75, 3.05) is 5.32 Å². The predicted molar refractivity (Wildman–Crippen MR) is 96.4 cm³/mol. The fourth-order valence-electron chi connectivity index (χ4n) is 2.80. The fraction of sp³-hybridized carbons (Fsp3) is 0.158. The summed E-state index contributed by atoms with van der Waals surface area (Å²) >= 11 is 0. The highest BCUT2D eigenvalue weighted by Gasteiger charge is 2.19. The summed E-state index contributed by atoms with van der Waals surface area (Å²) in [6.07, 6.45) is 0. The SMILES string of the molecule is Cc1c(C(C)NC(=O)Nc2cc(C(N)=O)ccc2F)oc2ccccc12. The topological polar surface area (TPSA) is 97.4 Å². The molecule has 6 nitrogen and oxygen atoms in total. The molecule has 26 heavy (non-hydrogen) atoms. The molecule has 1 aromatic heterocycles. The predicted octanol–water partition coefficient (Wildman–Crippen LogP) is 3.86. The number of benzene rings is 2. The van der Waals surface area contributed by atoms with Gasteiger partial charge in [0.2, 0.25) is 5.91 Å². The summed E-state index contributed by atoms with van der Waals surface area (Å²) < 4.78 is 19.7. The fourth-order valence-corrected chi connectivity index (χ4v) is 2.80. The van der Waals surface area contributed by atoms with Crippen molar-refractivity contribution in [3.05, 3.63) is 65.2 Å². The van der Waals surface area contributed by atoms with Gasteiger partial charge in [0.25, 0.3) is 0 Å². The summed E-state index contributed by atoms with van der Waals surface area (Å²) in [6.45, 7) is 3.67. The minimum absolute atomic E-state index is 0.0999. The highest BCUT2D eigenvalue weighted by Crippen LogP contribution is 2.29. The van der Waals surface area contributed by atoms with Crippen molar-refractivity contribution in [2.24, 2.45) is 5.73 Å². The molecule has 1 atom stereocenters. The second-order valence-corrected chi connectivity index (χ2v) is 5.97. The molecule has 0 spiro atoms. The van der Waals surface area contributed by atoms with E-state index in [0.717, 1.165) is 22.6 Å². The van der Waals surface area contributed by atoms with E-state index in [2.05, 4.69) is 10.6 Å². The molecule has 1 heterocycles. The Morgan fingerprint density at radius 1 is 1.19 bits per heavy atom. The van der Waals surface area contributed by atoms with Crippen LogP contribution in [0, 0.1) is 12.7 Å². The van der Waals surface area contributed by atoms with Crippen molar-refractivity contribution in [2.45, 2.75) is 19.9 Å². The number of hydrogen-bond acceptors (Lipinski definition) is 3. The lowest BCUT2D eigenvalue weighted by molar-refractivity contribution is 0.1000. The van der Waals surface area contributed by atoms with Crippen molar-refractivity contribution in [3.63, 3.8) is 0 Å². The van der Waals surface area contributed by atoms with Crippen molar-refractivity contribution in [3.8, 4) is 0 Å². The Bertz CT molecular complexity index is 997. The first-order valence-electron chi connectivity index (χ1n) is 8.01. The number of nitrogens with one attached hydrogen (secondary N) is 2. The zero-order valence-corrected chi connectivity index (χ0v) is 14.3. The van der Waals surface area contributed by atoms with Crippen LogP contribution in [0.4, 0.5) is 14.9 Å². The van der Waals surface area contributed by atoms with Gasteiger partial charge in [0.15, 0.2) is 0 Å². The lowest BCUT2D eigenvalue weighted by Crippen LogP contribution is -2.31. The van der Waals surface area contributed by atoms with Crippen molar-refractivity contribution >= 4 is 28.6 Å². The standard InChI is InChI=1S/C19H18FN3O3/c1-10-13-5-3-4-6-16(13)26-17(10)11(2)22-19(25)23-15-9-12(18(21)24)7-8-14(15)20/h3-9,11H,1-2H3,(H2,21,24)(H2,22,23,25). The maximum Gasteiger partial charge on any atom is 0.319 e. The number of hydrogen-bond donors (Lipinski definition) is 3. The molecule has 0 radical (unpaired) electrons. The quantitative estimate of drug-likeness (QED) is 0.663. The van der Waals surface area contributed by atoms with Gasteiger partial charge in [-0.1, -0.05) is 18.2 Å². The van der Waals surface area contributed by atoms with Gasteiger partial charge >= 0.3 is 6.03 Å². The Morgan fingerprint density at radius 2 is 1.92 bits per heavy atom. The molecule has 1 unspecified atom stereocenters. The number of amides is 3. The van der Waals surface area contributed by atoms with E-state index < -0.39 is 23.8 Å². The smallest absolute Gasteiger partial charge is 0.319 e. The van der Waals surface area contributed by atoms with Gasteiger partial charge in [0.1, 0.15) is 17.2 Å². The third-order valence-electron chi connectivity index (χ3n) is 4.12. The molecule has 3 rings (SSSR count). The average Bonchev–Trinajstić information content (AvgIpc) is 2.94. The van der Waals surface area contributed by atoms with E-state index in [1.54, 1.807) is 6.92 Å². The van der Waals surface area contributed by atoms with Crippen LogP contribution in [0.5, 0.6) is 0 Å². The van der Waals surface area contributed by atoms with Crippen molar-refractivity contribution < 1.29 is 18.4 Å². The van der Waals surface area contributed by atoms with E-state index in [1.165, 1.54) is 12.1 Å². The minimum atomic E-state index is -0.709. The second-order valence-electron chi connectivity index (χ2n) is 5.97. The van der Waals surface area contributed by atoms with Crippen LogP contribution in [0.15, 0.2) is 46.9 Å². The second kappa shape index (κ2) is 6.87. The van der Waals surface area contributed by atoms with E-state index >= 15 is 0 Å². The third kappa shape index (κ3) is 3.37. The normalized spacial score (nSPS) is 12.0.